The number of carbonyl (C=O) groups is 1. The molecule has 0 aliphatic heterocycles. The molecule has 1 heterocycles. The van der Waals surface area contributed by atoms with E-state index in [1.165, 1.54) is 11.3 Å². The van der Waals surface area contributed by atoms with Crippen molar-refractivity contribution in [2.45, 2.75) is 20.8 Å². The van der Waals surface area contributed by atoms with Crippen LogP contribution < -0.4 is 21.8 Å². The zero-order valence-electron chi connectivity index (χ0n) is 18.1. The molecule has 5 N–H and O–H groups in total. The molecule has 0 saturated heterocycles. The van der Waals surface area contributed by atoms with Crippen LogP contribution in [0.4, 0.5) is 22.1 Å². The lowest BCUT2D eigenvalue weighted by Gasteiger charge is -2.10. The minimum absolute atomic E-state index is 0.264. The van der Waals surface area contributed by atoms with E-state index in [0.29, 0.717) is 32.0 Å². The number of anilines is 4. The van der Waals surface area contributed by atoms with Gasteiger partial charge in [0, 0.05) is 11.4 Å². The number of thiophene rings is 1. The number of carbonyl (C=O) groups excluding carboxylic acids is 1. The molecular formula is C23H25N5O2S2. The third-order valence-corrected chi connectivity index (χ3v) is 5.73. The van der Waals surface area contributed by atoms with Gasteiger partial charge in [-0.25, -0.2) is 4.79 Å². The summed E-state index contributed by atoms with van der Waals surface area (Å²) in [7, 11) is 0. The van der Waals surface area contributed by atoms with Crippen molar-refractivity contribution < 1.29 is 9.53 Å². The number of rotatable bonds is 7. The summed E-state index contributed by atoms with van der Waals surface area (Å²) in [6.07, 6.45) is 0. The van der Waals surface area contributed by atoms with Gasteiger partial charge in [-0.2, -0.15) is 5.10 Å². The first-order chi connectivity index (χ1) is 15.4. The van der Waals surface area contributed by atoms with E-state index < -0.39 is 5.97 Å². The average molecular weight is 468 g/mol. The Morgan fingerprint density at radius 3 is 2.47 bits per heavy atom. The van der Waals surface area contributed by atoms with Gasteiger partial charge >= 0.3 is 5.97 Å². The van der Waals surface area contributed by atoms with Gasteiger partial charge in [0.05, 0.1) is 23.6 Å². The predicted octanol–water partition coefficient (Wildman–Crippen LogP) is 5.27. The first-order valence-electron chi connectivity index (χ1n) is 9.98. The van der Waals surface area contributed by atoms with Crippen LogP contribution in [0, 0.1) is 6.92 Å². The maximum absolute atomic E-state index is 12.4. The van der Waals surface area contributed by atoms with Crippen molar-refractivity contribution in [3.05, 3.63) is 70.6 Å². The molecule has 1 aromatic heterocycles. The number of aryl methyl sites for hydroxylation is 1. The quantitative estimate of drug-likeness (QED) is 0.163. The van der Waals surface area contributed by atoms with Gasteiger partial charge in [-0.1, -0.05) is 35.9 Å². The smallest absolute Gasteiger partial charge is 0.350 e. The third kappa shape index (κ3) is 5.83. The Bertz CT molecular complexity index is 1130. The number of hydrogen-bond acceptors (Lipinski definition) is 7. The molecule has 7 nitrogen and oxygen atoms in total. The van der Waals surface area contributed by atoms with Crippen LogP contribution in [-0.4, -0.2) is 23.4 Å². The van der Waals surface area contributed by atoms with Gasteiger partial charge in [0.1, 0.15) is 9.88 Å². The van der Waals surface area contributed by atoms with Crippen LogP contribution >= 0.6 is 23.6 Å². The van der Waals surface area contributed by atoms with Gasteiger partial charge < -0.3 is 21.1 Å². The number of benzene rings is 2. The van der Waals surface area contributed by atoms with E-state index in [2.05, 4.69) is 21.2 Å². The minimum Gasteiger partial charge on any atom is -0.462 e. The Morgan fingerprint density at radius 2 is 1.81 bits per heavy atom. The van der Waals surface area contributed by atoms with Gasteiger partial charge in [-0.05, 0) is 57.3 Å². The van der Waals surface area contributed by atoms with Crippen molar-refractivity contribution in [2.75, 3.05) is 23.0 Å². The number of nitrogens with zero attached hydrogens (tertiary/aromatic N) is 1. The molecule has 166 valence electrons. The SMILES string of the molecule is CCOC(=O)c1sc(Nc2ccccc2)c(/C(C)=N/NC(=S)Nc2ccc(C)cc2)c1N. The van der Waals surface area contributed by atoms with Crippen LogP contribution in [0.5, 0.6) is 0 Å². The molecule has 0 aliphatic carbocycles. The number of para-hydroxylation sites is 1. The van der Waals surface area contributed by atoms with Gasteiger partial charge in [-0.15, -0.1) is 11.3 Å². The highest BCUT2D eigenvalue weighted by Gasteiger charge is 2.24. The molecule has 3 rings (SSSR count). The Morgan fingerprint density at radius 1 is 1.12 bits per heavy atom. The van der Waals surface area contributed by atoms with E-state index in [-0.39, 0.29) is 6.61 Å². The summed E-state index contributed by atoms with van der Waals surface area (Å²) < 4.78 is 5.16. The van der Waals surface area contributed by atoms with Crippen LogP contribution in [0.3, 0.4) is 0 Å². The summed E-state index contributed by atoms with van der Waals surface area (Å²) >= 11 is 6.57. The second-order valence-corrected chi connectivity index (χ2v) is 8.32. The summed E-state index contributed by atoms with van der Waals surface area (Å²) in [5, 5.41) is 11.8. The Kier molecular flexibility index (Phi) is 7.80. The fourth-order valence-corrected chi connectivity index (χ4v) is 4.13. The molecule has 0 saturated carbocycles. The van der Waals surface area contributed by atoms with E-state index >= 15 is 0 Å². The van der Waals surface area contributed by atoms with Crippen molar-refractivity contribution in [1.82, 2.24) is 5.43 Å². The molecule has 0 amide bonds. The molecule has 0 spiro atoms. The molecule has 0 fully saturated rings. The average Bonchev–Trinajstić information content (AvgIpc) is 3.10. The fraction of sp³-hybridized carbons (Fsp3) is 0.174. The number of nitrogens with one attached hydrogen (secondary N) is 3. The van der Waals surface area contributed by atoms with Crippen LogP contribution in [-0.2, 0) is 4.74 Å². The summed E-state index contributed by atoms with van der Waals surface area (Å²) in [5.41, 5.74) is 13.6. The van der Waals surface area contributed by atoms with Crippen molar-refractivity contribution in [1.29, 1.82) is 0 Å². The number of nitrogen functional groups attached to an aromatic ring is 1. The first-order valence-corrected chi connectivity index (χ1v) is 11.2. The topological polar surface area (TPSA) is 101 Å². The minimum atomic E-state index is -0.463. The van der Waals surface area contributed by atoms with Crippen LogP contribution in [0.15, 0.2) is 59.7 Å². The number of hydrogen-bond donors (Lipinski definition) is 4. The van der Waals surface area contributed by atoms with Crippen LogP contribution in [0.2, 0.25) is 0 Å². The highest BCUT2D eigenvalue weighted by atomic mass is 32.1. The van der Waals surface area contributed by atoms with Gasteiger partial charge in [0.2, 0.25) is 0 Å². The maximum atomic E-state index is 12.4. The molecule has 0 atom stereocenters. The van der Waals surface area contributed by atoms with Crippen LogP contribution in [0.1, 0.15) is 34.6 Å². The molecule has 32 heavy (non-hydrogen) atoms. The number of nitrogens with two attached hydrogens (primary N) is 1. The first kappa shape index (κ1) is 23.2. The Hall–Kier alpha value is -3.43. The number of hydrazone groups is 1. The van der Waals surface area contributed by atoms with Gasteiger partial charge in [0.15, 0.2) is 5.11 Å². The summed E-state index contributed by atoms with van der Waals surface area (Å²) in [6.45, 7) is 5.83. The highest BCUT2D eigenvalue weighted by Crippen LogP contribution is 2.38. The van der Waals surface area contributed by atoms with Crippen molar-refractivity contribution >= 4 is 62.4 Å². The standard InChI is InChI=1S/C23H25N5O2S2/c1-4-30-22(29)20-19(24)18(21(32-20)25-16-8-6-5-7-9-16)15(3)27-28-23(31)26-17-12-10-14(2)11-13-17/h5-13,25H,4,24H2,1-3H3,(H2,26,28,31)/b27-15+. The Balaban J connectivity index is 1.85. The van der Waals surface area contributed by atoms with E-state index in [1.54, 1.807) is 13.8 Å². The van der Waals surface area contributed by atoms with E-state index in [0.717, 1.165) is 16.9 Å². The second kappa shape index (κ2) is 10.7. The maximum Gasteiger partial charge on any atom is 0.350 e. The van der Waals surface area contributed by atoms with Crippen molar-refractivity contribution in [3.8, 4) is 0 Å². The molecule has 0 radical (unpaired) electrons. The van der Waals surface area contributed by atoms with Crippen LogP contribution in [0.25, 0.3) is 0 Å². The lowest BCUT2D eigenvalue weighted by atomic mass is 10.1. The third-order valence-electron chi connectivity index (χ3n) is 4.43. The lowest BCUT2D eigenvalue weighted by molar-refractivity contribution is 0.0533. The molecule has 9 heteroatoms. The molecule has 0 unspecified atom stereocenters. The predicted molar refractivity (Wildman–Crippen MR) is 137 cm³/mol. The zero-order valence-corrected chi connectivity index (χ0v) is 19.7. The fourth-order valence-electron chi connectivity index (χ4n) is 2.88. The molecule has 3 aromatic rings. The van der Waals surface area contributed by atoms with Gasteiger partial charge in [0.25, 0.3) is 0 Å². The van der Waals surface area contributed by atoms with Gasteiger partial charge in [-0.3, -0.25) is 5.43 Å². The summed E-state index contributed by atoms with van der Waals surface area (Å²) in [6, 6.07) is 17.5. The van der Waals surface area contributed by atoms with Crippen molar-refractivity contribution in [3.63, 3.8) is 0 Å². The zero-order chi connectivity index (χ0) is 23.1. The second-order valence-electron chi connectivity index (χ2n) is 6.89. The molecule has 0 bridgehead atoms. The number of esters is 1. The molecule has 0 aliphatic rings. The monoisotopic (exact) mass is 467 g/mol. The largest absolute Gasteiger partial charge is 0.462 e. The van der Waals surface area contributed by atoms with E-state index in [4.69, 9.17) is 22.7 Å². The summed E-state index contributed by atoms with van der Waals surface area (Å²) in [4.78, 5) is 12.7. The summed E-state index contributed by atoms with van der Waals surface area (Å²) in [5.74, 6) is -0.463. The number of thiocarbonyl (C=S) groups is 1. The van der Waals surface area contributed by atoms with E-state index in [1.807, 2.05) is 61.5 Å². The molecular weight excluding hydrogens is 442 g/mol. The van der Waals surface area contributed by atoms with Crippen molar-refractivity contribution in [2.24, 2.45) is 5.10 Å². The normalized spacial score (nSPS) is 11.0. The highest BCUT2D eigenvalue weighted by molar-refractivity contribution is 7.80. The lowest BCUT2D eigenvalue weighted by Crippen LogP contribution is -2.25. The number of ether oxygens (including phenoxy) is 1. The van der Waals surface area contributed by atoms with E-state index in [9.17, 15) is 4.79 Å². The molecule has 2 aromatic carbocycles. The Labute approximate surface area is 196 Å².